The van der Waals surface area contributed by atoms with Gasteiger partial charge in [0.15, 0.2) is 0 Å². The second-order valence-electron chi connectivity index (χ2n) is 4.49. The topological polar surface area (TPSA) is 55.1 Å². The summed E-state index contributed by atoms with van der Waals surface area (Å²) in [5.41, 5.74) is 7.24. The van der Waals surface area contributed by atoms with Gasteiger partial charge in [0.25, 0.3) is 0 Å². The van der Waals surface area contributed by atoms with E-state index in [-0.39, 0.29) is 17.7 Å². The first-order chi connectivity index (χ1) is 7.97. The molecule has 1 unspecified atom stereocenters. The SMILES string of the molecule is Cc1c(Cl)cccc1NC(=O)C(CN)C(C)C. The minimum atomic E-state index is -0.173. The van der Waals surface area contributed by atoms with E-state index < -0.39 is 0 Å². The van der Waals surface area contributed by atoms with Crippen LogP contribution in [-0.4, -0.2) is 12.5 Å². The molecule has 1 aromatic carbocycles. The van der Waals surface area contributed by atoms with Crippen LogP contribution in [0.25, 0.3) is 0 Å². The number of halogens is 1. The van der Waals surface area contributed by atoms with Gasteiger partial charge in [0.1, 0.15) is 0 Å². The van der Waals surface area contributed by atoms with Gasteiger partial charge in [-0.15, -0.1) is 0 Å². The molecule has 1 aromatic rings. The van der Waals surface area contributed by atoms with Gasteiger partial charge < -0.3 is 11.1 Å². The van der Waals surface area contributed by atoms with Crippen molar-refractivity contribution in [2.45, 2.75) is 20.8 Å². The molecular weight excluding hydrogens is 236 g/mol. The molecule has 1 rings (SSSR count). The normalized spacial score (nSPS) is 12.6. The number of benzene rings is 1. The van der Waals surface area contributed by atoms with Crippen molar-refractivity contribution >= 4 is 23.2 Å². The molecule has 0 aliphatic carbocycles. The highest BCUT2D eigenvalue weighted by Gasteiger charge is 2.21. The molecule has 0 saturated heterocycles. The molecule has 0 aliphatic rings. The smallest absolute Gasteiger partial charge is 0.229 e. The average molecular weight is 255 g/mol. The van der Waals surface area contributed by atoms with Gasteiger partial charge in [0.2, 0.25) is 5.91 Å². The van der Waals surface area contributed by atoms with Crippen molar-refractivity contribution in [3.63, 3.8) is 0 Å². The van der Waals surface area contributed by atoms with Crippen LogP contribution in [0.4, 0.5) is 5.69 Å². The number of anilines is 1. The first kappa shape index (κ1) is 14.0. The van der Waals surface area contributed by atoms with Crippen LogP contribution in [0.5, 0.6) is 0 Å². The van der Waals surface area contributed by atoms with Crippen LogP contribution in [0.1, 0.15) is 19.4 Å². The summed E-state index contributed by atoms with van der Waals surface area (Å²) in [4.78, 5) is 12.0. The number of nitrogens with two attached hydrogens (primary N) is 1. The Balaban J connectivity index is 2.84. The highest BCUT2D eigenvalue weighted by Crippen LogP contribution is 2.24. The fraction of sp³-hybridized carbons (Fsp3) is 0.462. The van der Waals surface area contributed by atoms with Crippen LogP contribution in [0.2, 0.25) is 5.02 Å². The molecule has 17 heavy (non-hydrogen) atoms. The summed E-state index contributed by atoms with van der Waals surface area (Å²) in [6.07, 6.45) is 0. The van der Waals surface area contributed by atoms with E-state index in [0.29, 0.717) is 11.6 Å². The lowest BCUT2D eigenvalue weighted by Gasteiger charge is -2.19. The molecule has 4 heteroatoms. The quantitative estimate of drug-likeness (QED) is 0.868. The maximum absolute atomic E-state index is 12.0. The van der Waals surface area contributed by atoms with Crippen molar-refractivity contribution in [3.8, 4) is 0 Å². The maximum Gasteiger partial charge on any atom is 0.229 e. The van der Waals surface area contributed by atoms with Crippen LogP contribution in [0.3, 0.4) is 0 Å². The van der Waals surface area contributed by atoms with E-state index >= 15 is 0 Å². The lowest BCUT2D eigenvalue weighted by molar-refractivity contribution is -0.120. The zero-order chi connectivity index (χ0) is 13.0. The van der Waals surface area contributed by atoms with E-state index in [0.717, 1.165) is 11.3 Å². The van der Waals surface area contributed by atoms with Crippen molar-refractivity contribution in [2.75, 3.05) is 11.9 Å². The monoisotopic (exact) mass is 254 g/mol. The number of rotatable bonds is 4. The summed E-state index contributed by atoms with van der Waals surface area (Å²) in [5, 5.41) is 3.53. The summed E-state index contributed by atoms with van der Waals surface area (Å²) in [5.74, 6) is 0.000684. The highest BCUT2D eigenvalue weighted by molar-refractivity contribution is 6.31. The molecule has 1 atom stereocenters. The summed E-state index contributed by atoms with van der Waals surface area (Å²) in [6.45, 7) is 6.21. The van der Waals surface area contributed by atoms with Crippen LogP contribution >= 0.6 is 11.6 Å². The molecule has 0 fully saturated rings. The summed E-state index contributed by atoms with van der Waals surface area (Å²) >= 11 is 6.00. The molecule has 0 radical (unpaired) electrons. The molecule has 0 aromatic heterocycles. The molecule has 0 spiro atoms. The van der Waals surface area contributed by atoms with E-state index in [1.54, 1.807) is 6.07 Å². The molecule has 3 N–H and O–H groups in total. The minimum absolute atomic E-state index is 0.0483. The molecule has 94 valence electrons. The zero-order valence-electron chi connectivity index (χ0n) is 10.5. The van der Waals surface area contributed by atoms with Gasteiger partial charge in [0, 0.05) is 17.3 Å². The third-order valence-corrected chi connectivity index (χ3v) is 3.33. The first-order valence-corrected chi connectivity index (χ1v) is 6.11. The van der Waals surface area contributed by atoms with Gasteiger partial charge in [-0.05, 0) is 30.5 Å². The Kier molecular flexibility index (Phi) is 4.97. The summed E-state index contributed by atoms with van der Waals surface area (Å²) < 4.78 is 0. The van der Waals surface area contributed by atoms with Crippen molar-refractivity contribution in [3.05, 3.63) is 28.8 Å². The van der Waals surface area contributed by atoms with Crippen molar-refractivity contribution in [1.29, 1.82) is 0 Å². The van der Waals surface area contributed by atoms with E-state index in [1.807, 2.05) is 32.9 Å². The van der Waals surface area contributed by atoms with E-state index in [2.05, 4.69) is 5.32 Å². The lowest BCUT2D eigenvalue weighted by atomic mass is 9.95. The minimum Gasteiger partial charge on any atom is -0.330 e. The summed E-state index contributed by atoms with van der Waals surface area (Å²) in [6, 6.07) is 5.46. The van der Waals surface area contributed by atoms with Crippen LogP contribution in [0.15, 0.2) is 18.2 Å². The third kappa shape index (κ3) is 3.45. The number of hydrogen-bond donors (Lipinski definition) is 2. The van der Waals surface area contributed by atoms with Gasteiger partial charge in [-0.1, -0.05) is 31.5 Å². The average Bonchev–Trinajstić information content (AvgIpc) is 2.25. The fourth-order valence-electron chi connectivity index (χ4n) is 1.65. The van der Waals surface area contributed by atoms with Gasteiger partial charge in [0.05, 0.1) is 5.92 Å². The Labute approximate surface area is 107 Å². The molecule has 0 aliphatic heterocycles. The fourth-order valence-corrected chi connectivity index (χ4v) is 1.82. The van der Waals surface area contributed by atoms with Gasteiger partial charge >= 0.3 is 0 Å². The van der Waals surface area contributed by atoms with Gasteiger partial charge in [-0.25, -0.2) is 0 Å². The van der Waals surface area contributed by atoms with E-state index in [4.69, 9.17) is 17.3 Å². The molecule has 0 heterocycles. The number of carbonyl (C=O) groups is 1. The van der Waals surface area contributed by atoms with Crippen LogP contribution in [-0.2, 0) is 4.79 Å². The number of carbonyl (C=O) groups excluding carboxylic acids is 1. The Hall–Kier alpha value is -1.06. The first-order valence-electron chi connectivity index (χ1n) is 5.73. The summed E-state index contributed by atoms with van der Waals surface area (Å²) in [7, 11) is 0. The van der Waals surface area contributed by atoms with E-state index in [9.17, 15) is 4.79 Å². The third-order valence-electron chi connectivity index (χ3n) is 2.92. The standard InChI is InChI=1S/C13H19ClN2O/c1-8(2)10(7-15)13(17)16-12-6-4-5-11(14)9(12)3/h4-6,8,10H,7,15H2,1-3H3,(H,16,17). The van der Waals surface area contributed by atoms with Crippen molar-refractivity contribution in [1.82, 2.24) is 0 Å². The maximum atomic E-state index is 12.0. The predicted octanol–water partition coefficient (Wildman–Crippen LogP) is 2.82. The molecular formula is C13H19ClN2O. The zero-order valence-corrected chi connectivity index (χ0v) is 11.2. The molecule has 0 saturated carbocycles. The Morgan fingerprint density at radius 2 is 2.12 bits per heavy atom. The Morgan fingerprint density at radius 3 is 2.65 bits per heavy atom. The van der Waals surface area contributed by atoms with E-state index in [1.165, 1.54) is 0 Å². The second kappa shape index (κ2) is 6.03. The van der Waals surface area contributed by atoms with Crippen molar-refractivity contribution in [2.24, 2.45) is 17.6 Å². The highest BCUT2D eigenvalue weighted by atomic mass is 35.5. The number of nitrogens with one attached hydrogen (secondary N) is 1. The van der Waals surface area contributed by atoms with Crippen LogP contribution < -0.4 is 11.1 Å². The largest absolute Gasteiger partial charge is 0.330 e. The van der Waals surface area contributed by atoms with Crippen LogP contribution in [0, 0.1) is 18.8 Å². The Bertz CT molecular complexity index is 404. The van der Waals surface area contributed by atoms with Crippen molar-refractivity contribution < 1.29 is 4.79 Å². The number of amides is 1. The predicted molar refractivity (Wildman–Crippen MR) is 72.2 cm³/mol. The Morgan fingerprint density at radius 1 is 1.47 bits per heavy atom. The molecule has 3 nitrogen and oxygen atoms in total. The molecule has 1 amide bonds. The van der Waals surface area contributed by atoms with Gasteiger partial charge in [-0.2, -0.15) is 0 Å². The van der Waals surface area contributed by atoms with Gasteiger partial charge in [-0.3, -0.25) is 4.79 Å². The molecule has 0 bridgehead atoms. The lowest BCUT2D eigenvalue weighted by Crippen LogP contribution is -2.33. The second-order valence-corrected chi connectivity index (χ2v) is 4.90. The number of hydrogen-bond acceptors (Lipinski definition) is 2.